The molecule has 0 fully saturated rings. The number of nitrogens with two attached hydrogens (primary N) is 1. The second-order valence-electron chi connectivity index (χ2n) is 7.07. The van der Waals surface area contributed by atoms with Crippen molar-refractivity contribution in [2.45, 2.75) is 45.3 Å². The van der Waals surface area contributed by atoms with E-state index in [1.807, 2.05) is 0 Å². The number of hydrogen-bond acceptors (Lipinski definition) is 4. The highest BCUT2D eigenvalue weighted by Crippen LogP contribution is 2.40. The molecule has 0 spiro atoms. The van der Waals surface area contributed by atoms with Crippen LogP contribution in [0, 0.1) is 6.92 Å². The molecule has 0 aromatic heterocycles. The Morgan fingerprint density at radius 1 is 1.15 bits per heavy atom. The summed E-state index contributed by atoms with van der Waals surface area (Å²) in [5.41, 5.74) is 11.9. The fourth-order valence-corrected chi connectivity index (χ4v) is 3.94. The summed E-state index contributed by atoms with van der Waals surface area (Å²) < 4.78 is 11.0. The summed E-state index contributed by atoms with van der Waals surface area (Å²) in [5.74, 6) is 1.57. The fraction of sp³-hybridized carbons (Fsp3) is 0.455. The Labute approximate surface area is 156 Å². The molecule has 2 aromatic carbocycles. The Morgan fingerprint density at radius 3 is 2.50 bits per heavy atom. The van der Waals surface area contributed by atoms with Crippen LogP contribution in [-0.4, -0.2) is 31.7 Å². The van der Waals surface area contributed by atoms with Gasteiger partial charge in [-0.1, -0.05) is 31.2 Å². The first-order valence-electron chi connectivity index (χ1n) is 9.38. The van der Waals surface area contributed by atoms with Crippen molar-refractivity contribution in [3.05, 3.63) is 58.7 Å². The lowest BCUT2D eigenvalue weighted by Crippen LogP contribution is -2.44. The third-order valence-corrected chi connectivity index (χ3v) is 5.54. The van der Waals surface area contributed by atoms with Crippen molar-refractivity contribution in [3.63, 3.8) is 0 Å². The topological polar surface area (TPSA) is 47.7 Å². The molecule has 140 valence electrons. The predicted molar refractivity (Wildman–Crippen MR) is 106 cm³/mol. The molecule has 2 aromatic rings. The zero-order chi connectivity index (χ0) is 18.7. The summed E-state index contributed by atoms with van der Waals surface area (Å²) in [6.07, 6.45) is 1.93. The van der Waals surface area contributed by atoms with Crippen LogP contribution in [0.25, 0.3) is 0 Å². The maximum atomic E-state index is 6.59. The smallest absolute Gasteiger partial charge is 0.161 e. The lowest BCUT2D eigenvalue weighted by molar-refractivity contribution is 0.148. The lowest BCUT2D eigenvalue weighted by atomic mass is 9.86. The zero-order valence-corrected chi connectivity index (χ0v) is 16.3. The second kappa shape index (κ2) is 8.11. The third-order valence-electron chi connectivity index (χ3n) is 5.54. The number of ether oxygens (including phenoxy) is 2. The first-order chi connectivity index (χ1) is 12.6. The van der Waals surface area contributed by atoms with Gasteiger partial charge in [-0.3, -0.25) is 4.90 Å². The molecule has 0 bridgehead atoms. The van der Waals surface area contributed by atoms with Crippen LogP contribution in [0.5, 0.6) is 11.5 Å². The highest BCUT2D eigenvalue weighted by molar-refractivity contribution is 5.50. The van der Waals surface area contributed by atoms with E-state index in [0.717, 1.165) is 37.4 Å². The molecule has 1 aliphatic heterocycles. The molecule has 3 rings (SSSR count). The molecular formula is C22H30N2O2. The van der Waals surface area contributed by atoms with Crippen LogP contribution < -0.4 is 15.2 Å². The Bertz CT molecular complexity index is 760. The number of nitrogens with zero attached hydrogens (tertiary/aromatic N) is 1. The monoisotopic (exact) mass is 354 g/mol. The molecule has 0 aliphatic carbocycles. The van der Waals surface area contributed by atoms with Crippen molar-refractivity contribution in [1.29, 1.82) is 0 Å². The molecule has 0 saturated carbocycles. The van der Waals surface area contributed by atoms with E-state index in [0.29, 0.717) is 0 Å². The van der Waals surface area contributed by atoms with Crippen molar-refractivity contribution in [2.75, 3.05) is 20.8 Å². The number of aryl methyl sites for hydroxylation is 1. The van der Waals surface area contributed by atoms with Crippen LogP contribution >= 0.6 is 0 Å². The van der Waals surface area contributed by atoms with Gasteiger partial charge in [-0.05, 0) is 54.2 Å². The Kier molecular flexibility index (Phi) is 5.84. The highest BCUT2D eigenvalue weighted by atomic mass is 16.5. The molecule has 1 heterocycles. The molecule has 4 nitrogen and oxygen atoms in total. The van der Waals surface area contributed by atoms with Crippen LogP contribution in [0.3, 0.4) is 0 Å². The van der Waals surface area contributed by atoms with E-state index in [9.17, 15) is 0 Å². The largest absolute Gasteiger partial charge is 0.493 e. The van der Waals surface area contributed by atoms with E-state index >= 15 is 0 Å². The molecule has 0 radical (unpaired) electrons. The van der Waals surface area contributed by atoms with Gasteiger partial charge in [0.15, 0.2) is 11.5 Å². The number of benzene rings is 2. The number of rotatable bonds is 6. The van der Waals surface area contributed by atoms with E-state index in [2.05, 4.69) is 55.1 Å². The first-order valence-corrected chi connectivity index (χ1v) is 9.38. The van der Waals surface area contributed by atoms with Gasteiger partial charge in [0.1, 0.15) is 0 Å². The average molecular weight is 354 g/mol. The van der Waals surface area contributed by atoms with Gasteiger partial charge in [0, 0.05) is 19.1 Å². The van der Waals surface area contributed by atoms with Gasteiger partial charge in [-0.25, -0.2) is 0 Å². The Hall–Kier alpha value is -2.04. The first kappa shape index (κ1) is 18.7. The fourth-order valence-electron chi connectivity index (χ4n) is 3.94. The maximum absolute atomic E-state index is 6.59. The van der Waals surface area contributed by atoms with Gasteiger partial charge >= 0.3 is 0 Å². The summed E-state index contributed by atoms with van der Waals surface area (Å²) in [5, 5.41) is 0. The highest BCUT2D eigenvalue weighted by Gasteiger charge is 2.32. The number of hydrogen-bond donors (Lipinski definition) is 1. The standard InChI is InChI=1S/C22H30N2O2/c1-5-19(23)22-18-13-21(26-4)20(25-3)12-16(18)10-11-24(22)14-17-9-7-6-8-15(17)2/h6-9,12-13,19,22H,5,10-11,14,23H2,1-4H3. The normalized spacial score (nSPS) is 18.3. The van der Waals surface area contributed by atoms with Crippen LogP contribution in [0.4, 0.5) is 0 Å². The molecule has 2 N–H and O–H groups in total. The minimum absolute atomic E-state index is 0.0798. The van der Waals surface area contributed by atoms with Crippen LogP contribution in [0.1, 0.15) is 41.6 Å². The molecule has 2 unspecified atom stereocenters. The summed E-state index contributed by atoms with van der Waals surface area (Å²) in [4.78, 5) is 2.52. The van der Waals surface area contributed by atoms with Crippen molar-refractivity contribution in [1.82, 2.24) is 4.90 Å². The maximum Gasteiger partial charge on any atom is 0.161 e. The average Bonchev–Trinajstić information content (AvgIpc) is 2.67. The Morgan fingerprint density at radius 2 is 1.85 bits per heavy atom. The molecular weight excluding hydrogens is 324 g/mol. The van der Waals surface area contributed by atoms with Gasteiger partial charge in [-0.2, -0.15) is 0 Å². The quantitative estimate of drug-likeness (QED) is 0.856. The summed E-state index contributed by atoms with van der Waals surface area (Å²) >= 11 is 0. The molecule has 0 saturated heterocycles. The summed E-state index contributed by atoms with van der Waals surface area (Å²) in [6, 6.07) is 13.1. The summed E-state index contributed by atoms with van der Waals surface area (Å²) in [6.45, 7) is 6.25. The molecule has 0 amide bonds. The third kappa shape index (κ3) is 3.57. The van der Waals surface area contributed by atoms with Gasteiger partial charge in [0.05, 0.1) is 20.3 Å². The van der Waals surface area contributed by atoms with Crippen molar-refractivity contribution in [3.8, 4) is 11.5 Å². The summed E-state index contributed by atoms with van der Waals surface area (Å²) in [7, 11) is 3.37. The van der Waals surface area contributed by atoms with Crippen molar-refractivity contribution < 1.29 is 9.47 Å². The minimum Gasteiger partial charge on any atom is -0.493 e. The van der Waals surface area contributed by atoms with Crippen LogP contribution in [-0.2, 0) is 13.0 Å². The van der Waals surface area contributed by atoms with E-state index in [1.165, 1.54) is 22.3 Å². The molecule has 4 heteroatoms. The van der Waals surface area contributed by atoms with Gasteiger partial charge in [0.2, 0.25) is 0 Å². The minimum atomic E-state index is 0.0798. The SMILES string of the molecule is CCC(N)C1c2cc(OC)c(OC)cc2CCN1Cc1ccccc1C. The number of fused-ring (bicyclic) bond motifs is 1. The van der Waals surface area contributed by atoms with Gasteiger partial charge in [-0.15, -0.1) is 0 Å². The molecule has 26 heavy (non-hydrogen) atoms. The van der Waals surface area contributed by atoms with Gasteiger partial charge < -0.3 is 15.2 Å². The second-order valence-corrected chi connectivity index (χ2v) is 7.07. The van der Waals surface area contributed by atoms with E-state index in [1.54, 1.807) is 14.2 Å². The van der Waals surface area contributed by atoms with E-state index in [-0.39, 0.29) is 12.1 Å². The number of methoxy groups -OCH3 is 2. The van der Waals surface area contributed by atoms with Crippen LogP contribution in [0.15, 0.2) is 36.4 Å². The van der Waals surface area contributed by atoms with Gasteiger partial charge in [0.25, 0.3) is 0 Å². The molecule has 2 atom stereocenters. The molecule has 1 aliphatic rings. The predicted octanol–water partition coefficient (Wildman–Crippen LogP) is 3.85. The van der Waals surface area contributed by atoms with E-state index in [4.69, 9.17) is 15.2 Å². The van der Waals surface area contributed by atoms with Crippen LogP contribution in [0.2, 0.25) is 0 Å². The van der Waals surface area contributed by atoms with E-state index < -0.39 is 0 Å². The Balaban J connectivity index is 2.00. The zero-order valence-electron chi connectivity index (χ0n) is 16.3. The van der Waals surface area contributed by atoms with Crippen molar-refractivity contribution in [2.24, 2.45) is 5.73 Å². The lowest BCUT2D eigenvalue weighted by Gasteiger charge is -2.41. The van der Waals surface area contributed by atoms with Crippen molar-refractivity contribution >= 4 is 0 Å².